The van der Waals surface area contributed by atoms with Crippen LogP contribution in [0.25, 0.3) is 0 Å². The van der Waals surface area contributed by atoms with E-state index in [4.69, 9.17) is 9.47 Å². The summed E-state index contributed by atoms with van der Waals surface area (Å²) in [5.74, 6) is 0.698. The van der Waals surface area contributed by atoms with Gasteiger partial charge in [-0.2, -0.15) is 5.10 Å². The van der Waals surface area contributed by atoms with E-state index in [-0.39, 0.29) is 24.7 Å². The fraction of sp³-hybridized carbons (Fsp3) is 0.286. The molecule has 0 bridgehead atoms. The molecule has 0 aromatic heterocycles. The Kier molecular flexibility index (Phi) is 8.52. The van der Waals surface area contributed by atoms with E-state index in [0.29, 0.717) is 23.8 Å². The van der Waals surface area contributed by atoms with Crippen molar-refractivity contribution in [2.24, 2.45) is 5.10 Å². The van der Waals surface area contributed by atoms with Crippen LogP contribution in [0.5, 0.6) is 11.5 Å². The van der Waals surface area contributed by atoms with Crippen molar-refractivity contribution >= 4 is 23.7 Å². The average Bonchev–Trinajstić information content (AvgIpc) is 2.72. The molecule has 2 aromatic rings. The molecule has 28 heavy (non-hydrogen) atoms. The first kappa shape index (κ1) is 21.0. The summed E-state index contributed by atoms with van der Waals surface area (Å²) in [6, 6.07) is 14.5. The lowest BCUT2D eigenvalue weighted by Crippen LogP contribution is -2.20. The Labute approximate surface area is 164 Å². The van der Waals surface area contributed by atoms with Crippen molar-refractivity contribution in [2.45, 2.75) is 26.2 Å². The van der Waals surface area contributed by atoms with Gasteiger partial charge < -0.3 is 14.8 Å². The zero-order valence-electron chi connectivity index (χ0n) is 16.1. The van der Waals surface area contributed by atoms with Crippen LogP contribution >= 0.6 is 0 Å². The van der Waals surface area contributed by atoms with Crippen LogP contribution in [-0.2, 0) is 9.59 Å². The van der Waals surface area contributed by atoms with Crippen LogP contribution < -0.4 is 20.2 Å². The molecule has 7 nitrogen and oxygen atoms in total. The first-order valence-corrected chi connectivity index (χ1v) is 9.10. The lowest BCUT2D eigenvalue weighted by Gasteiger charge is -2.10. The van der Waals surface area contributed by atoms with Crippen molar-refractivity contribution in [3.05, 3.63) is 54.1 Å². The Morgan fingerprint density at radius 1 is 1.04 bits per heavy atom. The van der Waals surface area contributed by atoms with Crippen molar-refractivity contribution < 1.29 is 19.1 Å². The lowest BCUT2D eigenvalue weighted by molar-refractivity contribution is -0.124. The minimum Gasteiger partial charge on any atom is -0.493 e. The molecule has 2 aromatic carbocycles. The highest BCUT2D eigenvalue weighted by atomic mass is 16.5. The van der Waals surface area contributed by atoms with Crippen molar-refractivity contribution in [2.75, 3.05) is 19.0 Å². The molecular formula is C21H25N3O4. The molecule has 0 saturated carbocycles. The number of nitrogens with zero attached hydrogens (tertiary/aromatic N) is 1. The second-order valence-corrected chi connectivity index (χ2v) is 5.97. The second kappa shape index (κ2) is 11.4. The summed E-state index contributed by atoms with van der Waals surface area (Å²) in [7, 11) is 1.57. The summed E-state index contributed by atoms with van der Waals surface area (Å²) < 4.78 is 10.9. The van der Waals surface area contributed by atoms with Crippen molar-refractivity contribution in [3.8, 4) is 11.5 Å². The predicted molar refractivity (Wildman–Crippen MR) is 109 cm³/mol. The zero-order valence-corrected chi connectivity index (χ0v) is 16.1. The van der Waals surface area contributed by atoms with Crippen molar-refractivity contribution in [3.63, 3.8) is 0 Å². The van der Waals surface area contributed by atoms with Gasteiger partial charge in [-0.1, -0.05) is 25.1 Å². The number of carbonyl (C=O) groups is 2. The number of anilines is 1. The van der Waals surface area contributed by atoms with E-state index < -0.39 is 0 Å². The number of hydrogen-bond donors (Lipinski definition) is 2. The Hall–Kier alpha value is -3.35. The molecule has 0 radical (unpaired) electrons. The average molecular weight is 383 g/mol. The standard InChI is InChI=1S/C21H25N3O4/c1-3-13-28-18-10-9-16(14-19(18)27-2)15-22-24-21(26)12-11-20(25)23-17-7-5-4-6-8-17/h4-10,14-15H,3,11-13H2,1-2H3,(H,23,25)(H,24,26). The zero-order chi connectivity index (χ0) is 20.2. The number of hydrazone groups is 1. The highest BCUT2D eigenvalue weighted by Gasteiger charge is 2.07. The fourth-order valence-electron chi connectivity index (χ4n) is 2.30. The lowest BCUT2D eigenvalue weighted by atomic mass is 10.2. The third kappa shape index (κ3) is 7.11. The molecule has 148 valence electrons. The van der Waals surface area contributed by atoms with Gasteiger partial charge >= 0.3 is 0 Å². The molecule has 0 aliphatic carbocycles. The summed E-state index contributed by atoms with van der Waals surface area (Å²) in [4.78, 5) is 23.7. The first-order valence-electron chi connectivity index (χ1n) is 9.10. The van der Waals surface area contributed by atoms with Gasteiger partial charge in [0.15, 0.2) is 11.5 Å². The Balaban J connectivity index is 1.78. The third-order valence-corrected chi connectivity index (χ3v) is 3.69. The van der Waals surface area contributed by atoms with E-state index >= 15 is 0 Å². The van der Waals surface area contributed by atoms with E-state index in [2.05, 4.69) is 15.8 Å². The Bertz CT molecular complexity index is 807. The van der Waals surface area contributed by atoms with Crippen molar-refractivity contribution in [1.82, 2.24) is 5.43 Å². The van der Waals surface area contributed by atoms with Gasteiger partial charge in [-0.15, -0.1) is 0 Å². The molecule has 7 heteroatoms. The van der Waals surface area contributed by atoms with Gasteiger partial charge in [-0.25, -0.2) is 5.43 Å². The second-order valence-electron chi connectivity index (χ2n) is 5.97. The number of ether oxygens (including phenoxy) is 2. The molecule has 0 fully saturated rings. The highest BCUT2D eigenvalue weighted by molar-refractivity contribution is 5.93. The molecule has 0 saturated heterocycles. The summed E-state index contributed by atoms with van der Waals surface area (Å²) >= 11 is 0. The van der Waals surface area contributed by atoms with Gasteiger partial charge in [-0.3, -0.25) is 9.59 Å². The van der Waals surface area contributed by atoms with Crippen LogP contribution in [0.3, 0.4) is 0 Å². The largest absolute Gasteiger partial charge is 0.493 e. The smallest absolute Gasteiger partial charge is 0.240 e. The summed E-state index contributed by atoms with van der Waals surface area (Å²) in [5.41, 5.74) is 3.87. The topological polar surface area (TPSA) is 89.0 Å². The molecular weight excluding hydrogens is 358 g/mol. The van der Waals surface area contributed by atoms with Gasteiger partial charge in [0, 0.05) is 18.5 Å². The molecule has 2 N–H and O–H groups in total. The number of rotatable bonds is 10. The molecule has 2 amide bonds. The summed E-state index contributed by atoms with van der Waals surface area (Å²) in [5, 5.41) is 6.65. The van der Waals surface area contributed by atoms with Crippen LogP contribution in [0, 0.1) is 0 Å². The summed E-state index contributed by atoms with van der Waals surface area (Å²) in [6.07, 6.45) is 2.53. The van der Waals surface area contributed by atoms with Crippen LogP contribution in [-0.4, -0.2) is 31.7 Å². The monoisotopic (exact) mass is 383 g/mol. The number of hydrogen-bond acceptors (Lipinski definition) is 5. The predicted octanol–water partition coefficient (Wildman–Crippen LogP) is 3.35. The quantitative estimate of drug-likeness (QED) is 0.486. The molecule has 2 rings (SSSR count). The van der Waals surface area contributed by atoms with Crippen LogP contribution in [0.2, 0.25) is 0 Å². The molecule has 0 unspecified atom stereocenters. The van der Waals surface area contributed by atoms with Gasteiger partial charge in [0.05, 0.1) is 19.9 Å². The Morgan fingerprint density at radius 3 is 2.50 bits per heavy atom. The number of carbonyl (C=O) groups excluding carboxylic acids is 2. The number of amides is 2. The molecule has 0 aliphatic heterocycles. The van der Waals surface area contributed by atoms with Gasteiger partial charge in [-0.05, 0) is 42.3 Å². The van der Waals surface area contributed by atoms with Gasteiger partial charge in [0.1, 0.15) is 0 Å². The molecule has 0 spiro atoms. The fourth-order valence-corrected chi connectivity index (χ4v) is 2.30. The Morgan fingerprint density at radius 2 is 1.79 bits per heavy atom. The van der Waals surface area contributed by atoms with Crippen molar-refractivity contribution in [1.29, 1.82) is 0 Å². The minimum atomic E-state index is -0.339. The molecule has 0 atom stereocenters. The number of benzene rings is 2. The van der Waals surface area contributed by atoms with Crippen LogP contribution in [0.1, 0.15) is 31.7 Å². The maximum absolute atomic E-state index is 11.8. The molecule has 0 heterocycles. The van der Waals surface area contributed by atoms with E-state index in [9.17, 15) is 9.59 Å². The number of nitrogens with one attached hydrogen (secondary N) is 2. The minimum absolute atomic E-state index is 0.0448. The van der Waals surface area contributed by atoms with Gasteiger partial charge in [0.2, 0.25) is 11.8 Å². The third-order valence-electron chi connectivity index (χ3n) is 3.69. The van der Waals surface area contributed by atoms with E-state index in [1.807, 2.05) is 31.2 Å². The molecule has 0 aliphatic rings. The first-order chi connectivity index (χ1) is 13.6. The SMILES string of the molecule is CCCOc1ccc(C=NNC(=O)CCC(=O)Nc2ccccc2)cc1OC. The highest BCUT2D eigenvalue weighted by Crippen LogP contribution is 2.27. The van der Waals surface area contributed by atoms with Gasteiger partial charge in [0.25, 0.3) is 0 Å². The van der Waals surface area contributed by atoms with E-state index in [1.54, 1.807) is 31.4 Å². The van der Waals surface area contributed by atoms with Crippen LogP contribution in [0.15, 0.2) is 53.6 Å². The normalized spacial score (nSPS) is 10.5. The van der Waals surface area contributed by atoms with E-state index in [1.165, 1.54) is 6.21 Å². The summed E-state index contributed by atoms with van der Waals surface area (Å²) in [6.45, 7) is 2.64. The van der Waals surface area contributed by atoms with E-state index in [0.717, 1.165) is 12.0 Å². The maximum Gasteiger partial charge on any atom is 0.240 e. The van der Waals surface area contributed by atoms with Crippen LogP contribution in [0.4, 0.5) is 5.69 Å². The number of methoxy groups -OCH3 is 1. The maximum atomic E-state index is 11.8. The number of para-hydroxylation sites is 1.